The predicted molar refractivity (Wildman–Crippen MR) is 58.0 cm³/mol. The van der Waals surface area contributed by atoms with E-state index in [1.165, 1.54) is 24.4 Å². The fourth-order valence-corrected chi connectivity index (χ4v) is 2.41. The maximum atomic E-state index is 11.2. The molecule has 6 nitrogen and oxygen atoms in total. The van der Waals surface area contributed by atoms with E-state index in [0.717, 1.165) is 0 Å². The number of aromatic amines is 1. The smallest absolute Gasteiger partial charge is 0.270 e. The maximum absolute atomic E-state index is 11.2. The number of benzene rings is 1. The highest BCUT2D eigenvalue weighted by Gasteiger charge is 2.18. The quantitative estimate of drug-likeness (QED) is 0.508. The summed E-state index contributed by atoms with van der Waals surface area (Å²) >= 11 is 0. The van der Waals surface area contributed by atoms with Gasteiger partial charge in [0.2, 0.25) is 0 Å². The summed E-state index contributed by atoms with van der Waals surface area (Å²) in [6, 6.07) is 3.88. The van der Waals surface area contributed by atoms with Crippen molar-refractivity contribution < 1.29 is 13.3 Å². The van der Waals surface area contributed by atoms with Gasteiger partial charge in [0.25, 0.3) is 14.7 Å². The van der Waals surface area contributed by atoms with Gasteiger partial charge in [0.15, 0.2) is 0 Å². The van der Waals surface area contributed by atoms with Gasteiger partial charge in [-0.15, -0.1) is 0 Å². The van der Waals surface area contributed by atoms with Crippen molar-refractivity contribution in [2.75, 3.05) is 0 Å². The van der Waals surface area contributed by atoms with Crippen LogP contribution in [0.3, 0.4) is 0 Å². The summed E-state index contributed by atoms with van der Waals surface area (Å²) in [7, 11) is 1.28. The second-order valence-corrected chi connectivity index (χ2v) is 5.61. The number of halogens is 1. The highest BCUT2D eigenvalue weighted by molar-refractivity contribution is 8.14. The van der Waals surface area contributed by atoms with Crippen molar-refractivity contribution in [2.45, 2.75) is 4.90 Å². The minimum atomic E-state index is -3.91. The van der Waals surface area contributed by atoms with Crippen LogP contribution in [0.25, 0.3) is 10.9 Å². The minimum Gasteiger partial charge on any atom is -0.360 e. The molecular weight excluding hydrogens is 256 g/mol. The molecule has 0 amide bonds. The molecule has 1 heterocycles. The molecule has 8 heteroatoms. The number of hydrogen-bond donors (Lipinski definition) is 1. The number of nitrogens with zero attached hydrogens (tertiary/aromatic N) is 1. The summed E-state index contributed by atoms with van der Waals surface area (Å²) in [4.78, 5) is 12.5. The lowest BCUT2D eigenvalue weighted by atomic mass is 10.2. The first kappa shape index (κ1) is 10.9. The number of non-ortho nitro benzene ring substituents is 1. The first-order valence-corrected chi connectivity index (χ1v) is 6.41. The van der Waals surface area contributed by atoms with Crippen LogP contribution in [-0.2, 0) is 9.05 Å². The van der Waals surface area contributed by atoms with Gasteiger partial charge in [-0.25, -0.2) is 8.42 Å². The average molecular weight is 261 g/mol. The van der Waals surface area contributed by atoms with Gasteiger partial charge in [-0.1, -0.05) is 0 Å². The molecule has 0 spiro atoms. The molecule has 1 aromatic heterocycles. The second-order valence-electron chi connectivity index (χ2n) is 3.08. The molecule has 0 bridgehead atoms. The Morgan fingerprint density at radius 1 is 1.38 bits per heavy atom. The predicted octanol–water partition coefficient (Wildman–Crippen LogP) is 2.00. The molecular formula is C8H5ClN2O4S. The molecule has 0 saturated heterocycles. The van der Waals surface area contributed by atoms with Gasteiger partial charge < -0.3 is 4.98 Å². The third-order valence-corrected chi connectivity index (χ3v) is 3.46. The fraction of sp³-hybridized carbons (Fsp3) is 0. The van der Waals surface area contributed by atoms with Gasteiger partial charge >= 0.3 is 0 Å². The summed E-state index contributed by atoms with van der Waals surface area (Å²) in [5.74, 6) is 0. The molecule has 0 atom stereocenters. The van der Waals surface area contributed by atoms with Gasteiger partial charge in [-0.2, -0.15) is 0 Å². The highest BCUT2D eigenvalue weighted by atomic mass is 35.7. The number of H-pyrrole nitrogens is 1. The van der Waals surface area contributed by atoms with Crippen molar-refractivity contribution in [1.29, 1.82) is 0 Å². The average Bonchev–Trinajstić information content (AvgIpc) is 2.58. The SMILES string of the molecule is O=[N+]([O-])c1ccc2[nH]cc(S(=O)(=O)Cl)c2c1. The normalized spacial score (nSPS) is 11.8. The van der Waals surface area contributed by atoms with Crippen LogP contribution < -0.4 is 0 Å². The molecule has 1 N–H and O–H groups in total. The summed E-state index contributed by atoms with van der Waals surface area (Å²) in [5, 5.41) is 10.8. The Balaban J connectivity index is 2.80. The molecule has 84 valence electrons. The van der Waals surface area contributed by atoms with Gasteiger partial charge in [-0.3, -0.25) is 10.1 Å². The molecule has 16 heavy (non-hydrogen) atoms. The van der Waals surface area contributed by atoms with Crippen LogP contribution in [0.1, 0.15) is 0 Å². The molecule has 0 fully saturated rings. The van der Waals surface area contributed by atoms with Crippen LogP contribution in [-0.4, -0.2) is 18.3 Å². The van der Waals surface area contributed by atoms with Crippen molar-refractivity contribution in [2.24, 2.45) is 0 Å². The van der Waals surface area contributed by atoms with Crippen LogP contribution in [0.15, 0.2) is 29.3 Å². The first-order chi connectivity index (χ1) is 7.39. The van der Waals surface area contributed by atoms with Gasteiger partial charge in [0, 0.05) is 39.9 Å². The molecule has 1 aromatic carbocycles. The molecule has 2 aromatic rings. The van der Waals surface area contributed by atoms with Crippen LogP contribution >= 0.6 is 10.7 Å². The van der Waals surface area contributed by atoms with Crippen molar-refractivity contribution in [3.63, 3.8) is 0 Å². The van der Waals surface area contributed by atoms with Crippen molar-refractivity contribution in [3.8, 4) is 0 Å². The Labute approximate surface area is 94.4 Å². The van der Waals surface area contributed by atoms with E-state index < -0.39 is 14.0 Å². The molecule has 0 saturated carbocycles. The van der Waals surface area contributed by atoms with E-state index in [0.29, 0.717) is 5.52 Å². The maximum Gasteiger partial charge on any atom is 0.270 e. The van der Waals surface area contributed by atoms with E-state index >= 15 is 0 Å². The van der Waals surface area contributed by atoms with Crippen LogP contribution in [0.5, 0.6) is 0 Å². The largest absolute Gasteiger partial charge is 0.360 e. The summed E-state index contributed by atoms with van der Waals surface area (Å²) in [5.41, 5.74) is 0.290. The highest BCUT2D eigenvalue weighted by Crippen LogP contribution is 2.28. The standard InChI is InChI=1S/C8H5ClN2O4S/c9-16(14,15)8-4-10-7-2-1-5(11(12)13)3-6(7)8/h1-4,10H. The van der Waals surface area contributed by atoms with E-state index in [-0.39, 0.29) is 16.0 Å². The fourth-order valence-electron chi connectivity index (χ4n) is 1.40. The number of nitro benzene ring substituents is 1. The molecule has 2 rings (SSSR count). The van der Waals surface area contributed by atoms with E-state index in [2.05, 4.69) is 4.98 Å². The Bertz CT molecular complexity index is 676. The topological polar surface area (TPSA) is 93.1 Å². The third-order valence-electron chi connectivity index (χ3n) is 2.10. The molecule has 0 aliphatic rings. The molecule has 0 radical (unpaired) electrons. The number of nitro groups is 1. The third kappa shape index (κ3) is 1.74. The Hall–Kier alpha value is -1.60. The Morgan fingerprint density at radius 3 is 2.62 bits per heavy atom. The number of rotatable bonds is 2. The van der Waals surface area contributed by atoms with Crippen LogP contribution in [0, 0.1) is 10.1 Å². The van der Waals surface area contributed by atoms with Gasteiger partial charge in [0.1, 0.15) is 4.90 Å². The molecule has 0 unspecified atom stereocenters. The van der Waals surface area contributed by atoms with Crippen molar-refractivity contribution in [1.82, 2.24) is 4.98 Å². The Kier molecular flexibility index (Phi) is 2.36. The monoisotopic (exact) mass is 260 g/mol. The van der Waals surface area contributed by atoms with E-state index in [1.807, 2.05) is 0 Å². The molecule has 0 aliphatic heterocycles. The van der Waals surface area contributed by atoms with Crippen molar-refractivity contribution in [3.05, 3.63) is 34.5 Å². The van der Waals surface area contributed by atoms with E-state index in [9.17, 15) is 18.5 Å². The van der Waals surface area contributed by atoms with E-state index in [1.54, 1.807) is 0 Å². The lowest BCUT2D eigenvalue weighted by molar-refractivity contribution is -0.384. The zero-order valence-corrected chi connectivity index (χ0v) is 9.25. The number of hydrogen-bond acceptors (Lipinski definition) is 4. The zero-order valence-electron chi connectivity index (χ0n) is 7.68. The second kappa shape index (κ2) is 3.46. The van der Waals surface area contributed by atoms with Crippen LogP contribution in [0.4, 0.5) is 5.69 Å². The summed E-state index contributed by atoms with van der Waals surface area (Å²) in [6.45, 7) is 0. The number of aromatic nitrogens is 1. The Morgan fingerprint density at radius 2 is 2.06 bits per heavy atom. The lowest BCUT2D eigenvalue weighted by Gasteiger charge is -1.94. The van der Waals surface area contributed by atoms with E-state index in [4.69, 9.17) is 10.7 Å². The minimum absolute atomic E-state index is 0.159. The number of nitrogens with one attached hydrogen (secondary N) is 1. The zero-order chi connectivity index (χ0) is 11.9. The molecule has 0 aliphatic carbocycles. The van der Waals surface area contributed by atoms with Crippen LogP contribution in [0.2, 0.25) is 0 Å². The van der Waals surface area contributed by atoms with Gasteiger partial charge in [0.05, 0.1) is 4.92 Å². The summed E-state index contributed by atoms with van der Waals surface area (Å²) in [6.07, 6.45) is 1.21. The van der Waals surface area contributed by atoms with Crippen molar-refractivity contribution >= 4 is 36.3 Å². The van der Waals surface area contributed by atoms with Gasteiger partial charge in [-0.05, 0) is 6.07 Å². The first-order valence-electron chi connectivity index (χ1n) is 4.10. The number of fused-ring (bicyclic) bond motifs is 1. The lowest BCUT2D eigenvalue weighted by Crippen LogP contribution is -1.90. The summed E-state index contributed by atoms with van der Waals surface area (Å²) < 4.78 is 22.3.